The lowest BCUT2D eigenvalue weighted by atomic mass is 10.0. The third-order valence-corrected chi connectivity index (χ3v) is 4.21. The summed E-state index contributed by atoms with van der Waals surface area (Å²) < 4.78 is 0. The molecule has 2 aliphatic rings. The van der Waals surface area contributed by atoms with Gasteiger partial charge in [-0.05, 0) is 50.9 Å². The number of amides is 2. The summed E-state index contributed by atoms with van der Waals surface area (Å²) in [6.45, 7) is 2.92. The van der Waals surface area contributed by atoms with Gasteiger partial charge < -0.3 is 16.0 Å². The summed E-state index contributed by atoms with van der Waals surface area (Å²) in [6, 6.07) is 7.55. The molecule has 0 bridgehead atoms. The molecule has 1 heterocycles. The predicted molar refractivity (Wildman–Crippen MR) is 82.0 cm³/mol. The van der Waals surface area contributed by atoms with Gasteiger partial charge in [-0.1, -0.05) is 6.07 Å². The standard InChI is InChI=1S/C16H21N3O2/c1-10-14(7-8-17-10)16(21)19-13-4-2-3-12(9-13)18-15(20)11-5-6-11/h2-4,9-11,14,17H,5-8H2,1H3,(H,18,20)(H,19,21). The Morgan fingerprint density at radius 3 is 2.33 bits per heavy atom. The second kappa shape index (κ2) is 5.85. The van der Waals surface area contributed by atoms with Gasteiger partial charge >= 0.3 is 0 Å². The van der Waals surface area contributed by atoms with Gasteiger partial charge in [0.2, 0.25) is 11.8 Å². The fourth-order valence-corrected chi connectivity index (χ4v) is 2.72. The molecule has 1 saturated heterocycles. The summed E-state index contributed by atoms with van der Waals surface area (Å²) in [5.41, 5.74) is 1.47. The lowest BCUT2D eigenvalue weighted by Crippen LogP contribution is -2.32. The second-order valence-electron chi connectivity index (χ2n) is 5.97. The molecule has 5 nitrogen and oxygen atoms in total. The van der Waals surface area contributed by atoms with Gasteiger partial charge in [0, 0.05) is 23.3 Å². The van der Waals surface area contributed by atoms with E-state index < -0.39 is 0 Å². The quantitative estimate of drug-likeness (QED) is 0.793. The van der Waals surface area contributed by atoms with Gasteiger partial charge in [-0.3, -0.25) is 9.59 Å². The highest BCUT2D eigenvalue weighted by Crippen LogP contribution is 2.30. The Morgan fingerprint density at radius 2 is 1.76 bits per heavy atom. The van der Waals surface area contributed by atoms with Gasteiger partial charge in [-0.2, -0.15) is 0 Å². The number of benzene rings is 1. The van der Waals surface area contributed by atoms with Crippen molar-refractivity contribution < 1.29 is 9.59 Å². The first kappa shape index (κ1) is 14.1. The molecule has 0 aromatic heterocycles. The molecule has 1 aliphatic heterocycles. The van der Waals surface area contributed by atoms with Crippen LogP contribution in [0.3, 0.4) is 0 Å². The average molecular weight is 287 g/mol. The third kappa shape index (κ3) is 3.42. The first-order valence-electron chi connectivity index (χ1n) is 7.58. The summed E-state index contributed by atoms with van der Waals surface area (Å²) in [5, 5.41) is 9.11. The maximum atomic E-state index is 12.2. The van der Waals surface area contributed by atoms with E-state index in [1.807, 2.05) is 31.2 Å². The molecular formula is C16H21N3O2. The normalized spacial score (nSPS) is 24.6. The summed E-state index contributed by atoms with van der Waals surface area (Å²) in [7, 11) is 0. The molecule has 2 amide bonds. The highest BCUT2D eigenvalue weighted by atomic mass is 16.2. The van der Waals surface area contributed by atoms with Gasteiger partial charge in [0.25, 0.3) is 0 Å². The monoisotopic (exact) mass is 287 g/mol. The molecule has 0 spiro atoms. The van der Waals surface area contributed by atoms with E-state index in [0.29, 0.717) is 0 Å². The third-order valence-electron chi connectivity index (χ3n) is 4.21. The lowest BCUT2D eigenvalue weighted by Gasteiger charge is -2.15. The molecule has 21 heavy (non-hydrogen) atoms. The molecule has 1 saturated carbocycles. The predicted octanol–water partition coefficient (Wildman–Crippen LogP) is 1.97. The molecule has 2 unspecified atom stereocenters. The topological polar surface area (TPSA) is 70.2 Å². The van der Waals surface area contributed by atoms with E-state index in [0.717, 1.165) is 37.2 Å². The minimum atomic E-state index is 0.00899. The molecule has 5 heteroatoms. The summed E-state index contributed by atoms with van der Waals surface area (Å²) in [5.74, 6) is 0.300. The van der Waals surface area contributed by atoms with Crippen LogP contribution in [0.5, 0.6) is 0 Å². The molecule has 2 atom stereocenters. The molecular weight excluding hydrogens is 266 g/mol. The number of carbonyl (C=O) groups is 2. The summed E-state index contributed by atoms with van der Waals surface area (Å²) in [6.07, 6.45) is 2.83. The van der Waals surface area contributed by atoms with Gasteiger partial charge in [-0.15, -0.1) is 0 Å². The van der Waals surface area contributed by atoms with Crippen LogP contribution in [0.1, 0.15) is 26.2 Å². The lowest BCUT2D eigenvalue weighted by molar-refractivity contribution is -0.120. The molecule has 3 N–H and O–H groups in total. The van der Waals surface area contributed by atoms with E-state index in [2.05, 4.69) is 16.0 Å². The van der Waals surface area contributed by atoms with Crippen molar-refractivity contribution in [1.29, 1.82) is 0 Å². The van der Waals surface area contributed by atoms with E-state index in [1.165, 1.54) is 0 Å². The molecule has 1 aromatic carbocycles. The Hall–Kier alpha value is -1.88. The number of hydrogen-bond donors (Lipinski definition) is 3. The van der Waals surface area contributed by atoms with Crippen LogP contribution in [0.15, 0.2) is 24.3 Å². The van der Waals surface area contributed by atoms with Crippen LogP contribution in [-0.2, 0) is 9.59 Å². The van der Waals surface area contributed by atoms with Crippen molar-refractivity contribution in [3.05, 3.63) is 24.3 Å². The minimum Gasteiger partial charge on any atom is -0.326 e. The molecule has 3 rings (SSSR count). The van der Waals surface area contributed by atoms with E-state index in [4.69, 9.17) is 0 Å². The van der Waals surface area contributed by atoms with Crippen molar-refractivity contribution in [2.24, 2.45) is 11.8 Å². The van der Waals surface area contributed by atoms with Crippen LogP contribution in [0.4, 0.5) is 11.4 Å². The maximum absolute atomic E-state index is 12.2. The minimum absolute atomic E-state index is 0.00899. The first-order valence-corrected chi connectivity index (χ1v) is 7.58. The van der Waals surface area contributed by atoms with Gasteiger partial charge in [0.05, 0.1) is 5.92 Å². The van der Waals surface area contributed by atoms with E-state index >= 15 is 0 Å². The van der Waals surface area contributed by atoms with Crippen molar-refractivity contribution in [1.82, 2.24) is 5.32 Å². The molecule has 112 valence electrons. The van der Waals surface area contributed by atoms with Gasteiger partial charge in [0.15, 0.2) is 0 Å². The molecule has 0 radical (unpaired) electrons. The Balaban J connectivity index is 1.62. The van der Waals surface area contributed by atoms with Crippen LogP contribution in [0, 0.1) is 11.8 Å². The van der Waals surface area contributed by atoms with Crippen molar-refractivity contribution in [2.75, 3.05) is 17.2 Å². The van der Waals surface area contributed by atoms with Crippen LogP contribution in [0.25, 0.3) is 0 Å². The average Bonchev–Trinajstić information content (AvgIpc) is 3.21. The maximum Gasteiger partial charge on any atom is 0.229 e. The SMILES string of the molecule is CC1NCCC1C(=O)Nc1cccc(NC(=O)C2CC2)c1. The van der Waals surface area contributed by atoms with E-state index in [-0.39, 0.29) is 29.7 Å². The Bertz CT molecular complexity index is 554. The van der Waals surface area contributed by atoms with Crippen molar-refractivity contribution in [2.45, 2.75) is 32.2 Å². The number of anilines is 2. The second-order valence-corrected chi connectivity index (χ2v) is 5.97. The zero-order valence-electron chi connectivity index (χ0n) is 12.2. The van der Waals surface area contributed by atoms with Crippen molar-refractivity contribution in [3.8, 4) is 0 Å². The fourth-order valence-electron chi connectivity index (χ4n) is 2.72. The van der Waals surface area contributed by atoms with Crippen LogP contribution in [0.2, 0.25) is 0 Å². The van der Waals surface area contributed by atoms with Crippen molar-refractivity contribution in [3.63, 3.8) is 0 Å². The first-order chi connectivity index (χ1) is 10.1. The molecule has 1 aliphatic carbocycles. The Labute approximate surface area is 124 Å². The largest absolute Gasteiger partial charge is 0.326 e. The summed E-state index contributed by atoms with van der Waals surface area (Å²) >= 11 is 0. The Kier molecular flexibility index (Phi) is 3.92. The number of hydrogen-bond acceptors (Lipinski definition) is 3. The highest BCUT2D eigenvalue weighted by molar-refractivity contribution is 5.96. The highest BCUT2D eigenvalue weighted by Gasteiger charge is 2.30. The van der Waals surface area contributed by atoms with Crippen LogP contribution >= 0.6 is 0 Å². The summed E-state index contributed by atoms with van der Waals surface area (Å²) in [4.78, 5) is 24.0. The molecule has 1 aromatic rings. The zero-order chi connectivity index (χ0) is 14.8. The number of rotatable bonds is 4. The van der Waals surface area contributed by atoms with Crippen LogP contribution < -0.4 is 16.0 Å². The van der Waals surface area contributed by atoms with Gasteiger partial charge in [-0.25, -0.2) is 0 Å². The van der Waals surface area contributed by atoms with E-state index in [9.17, 15) is 9.59 Å². The number of carbonyl (C=O) groups excluding carboxylic acids is 2. The zero-order valence-corrected chi connectivity index (χ0v) is 12.2. The van der Waals surface area contributed by atoms with E-state index in [1.54, 1.807) is 0 Å². The smallest absolute Gasteiger partial charge is 0.229 e. The van der Waals surface area contributed by atoms with Gasteiger partial charge in [0.1, 0.15) is 0 Å². The number of nitrogens with one attached hydrogen (secondary N) is 3. The molecule has 2 fully saturated rings. The Morgan fingerprint density at radius 1 is 1.10 bits per heavy atom. The van der Waals surface area contributed by atoms with Crippen molar-refractivity contribution >= 4 is 23.2 Å². The van der Waals surface area contributed by atoms with Crippen LogP contribution in [-0.4, -0.2) is 24.4 Å². The fraction of sp³-hybridized carbons (Fsp3) is 0.500.